The van der Waals surface area contributed by atoms with Crippen molar-refractivity contribution < 1.29 is 18.0 Å². The van der Waals surface area contributed by atoms with Crippen LogP contribution in [-0.4, -0.2) is 12.3 Å². The van der Waals surface area contributed by atoms with Gasteiger partial charge in [0, 0.05) is 0 Å². The van der Waals surface area contributed by atoms with Crippen LogP contribution in [-0.2, 0) is 11.3 Å². The van der Waals surface area contributed by atoms with Crippen molar-refractivity contribution in [1.82, 2.24) is 5.32 Å². The summed E-state index contributed by atoms with van der Waals surface area (Å²) < 4.78 is 28.0. The maximum Gasteiger partial charge on any atom is 0.315 e. The van der Waals surface area contributed by atoms with E-state index in [1.54, 1.807) is 12.1 Å². The van der Waals surface area contributed by atoms with Gasteiger partial charge in [0.25, 0.3) is 5.91 Å². The van der Waals surface area contributed by atoms with Crippen molar-refractivity contribution in [2.75, 3.05) is 0 Å². The van der Waals surface area contributed by atoms with E-state index in [0.717, 1.165) is 0 Å². The summed E-state index contributed by atoms with van der Waals surface area (Å²) in [5.41, 5.74) is 0. The molecule has 0 fully saturated rings. The van der Waals surface area contributed by atoms with Crippen LogP contribution < -0.4 is 5.32 Å². The number of furan rings is 1. The number of hydrogen-bond donors (Lipinski definition) is 1. The number of hydrogen-bond acceptors (Lipinski definition) is 2. The molecule has 0 aliphatic heterocycles. The number of amides is 1. The molecule has 1 N–H and O–H groups in total. The molecule has 5 heteroatoms. The first-order chi connectivity index (χ1) is 5.70. The summed E-state index contributed by atoms with van der Waals surface area (Å²) in [6.07, 6.45) is -1.57. The van der Waals surface area contributed by atoms with Crippen LogP contribution in [0.25, 0.3) is 0 Å². The van der Waals surface area contributed by atoms with E-state index in [2.05, 4.69) is 0 Å². The molecular weight excluding hydrogens is 168 g/mol. The molecule has 0 aliphatic rings. The second-order valence-electron chi connectivity index (χ2n) is 2.10. The summed E-state index contributed by atoms with van der Waals surface area (Å²) in [6, 6.07) is 3.20. The highest BCUT2D eigenvalue weighted by Gasteiger charge is 2.14. The Kier molecular flexibility index (Phi) is 2.79. The second kappa shape index (κ2) is 3.85. The van der Waals surface area contributed by atoms with E-state index in [1.165, 1.54) is 6.26 Å². The minimum atomic E-state index is -2.97. The highest BCUT2D eigenvalue weighted by atomic mass is 19.3. The third-order valence-electron chi connectivity index (χ3n) is 1.22. The summed E-state index contributed by atoms with van der Waals surface area (Å²) >= 11 is 0. The largest absolute Gasteiger partial charge is 0.467 e. The van der Waals surface area contributed by atoms with Crippen LogP contribution in [0.4, 0.5) is 8.78 Å². The van der Waals surface area contributed by atoms with Gasteiger partial charge in [-0.25, -0.2) is 0 Å². The molecule has 1 amide bonds. The lowest BCUT2D eigenvalue weighted by Crippen LogP contribution is -2.28. The lowest BCUT2D eigenvalue weighted by atomic mass is 10.4. The molecule has 3 nitrogen and oxygen atoms in total. The Hall–Kier alpha value is -1.39. The molecule has 0 spiro atoms. The fourth-order valence-corrected chi connectivity index (χ4v) is 0.665. The van der Waals surface area contributed by atoms with Crippen molar-refractivity contribution >= 4 is 5.91 Å². The van der Waals surface area contributed by atoms with E-state index in [1.807, 2.05) is 5.32 Å². The van der Waals surface area contributed by atoms with Crippen LogP contribution >= 0.6 is 0 Å². The summed E-state index contributed by atoms with van der Waals surface area (Å²) in [4.78, 5) is 10.3. The Bertz CT molecular complexity index is 246. The number of rotatable bonds is 3. The quantitative estimate of drug-likeness (QED) is 0.748. The Balaban J connectivity index is 2.32. The van der Waals surface area contributed by atoms with Gasteiger partial charge in [0.2, 0.25) is 0 Å². The minimum absolute atomic E-state index is 0.00380. The first-order valence-corrected chi connectivity index (χ1v) is 3.28. The van der Waals surface area contributed by atoms with E-state index >= 15 is 0 Å². The van der Waals surface area contributed by atoms with E-state index in [4.69, 9.17) is 4.42 Å². The Morgan fingerprint density at radius 3 is 2.92 bits per heavy atom. The lowest BCUT2D eigenvalue weighted by Gasteiger charge is -2.00. The number of alkyl halides is 2. The smallest absolute Gasteiger partial charge is 0.315 e. The van der Waals surface area contributed by atoms with Crippen molar-refractivity contribution in [2.24, 2.45) is 0 Å². The SMILES string of the molecule is O=C(NCc1ccco1)C(F)F. The topological polar surface area (TPSA) is 42.2 Å². The van der Waals surface area contributed by atoms with Crippen molar-refractivity contribution in [3.8, 4) is 0 Å². The van der Waals surface area contributed by atoms with Crippen LogP contribution in [0.1, 0.15) is 5.76 Å². The minimum Gasteiger partial charge on any atom is -0.467 e. The molecule has 1 rings (SSSR count). The highest BCUT2D eigenvalue weighted by Crippen LogP contribution is 1.99. The van der Waals surface area contributed by atoms with Gasteiger partial charge in [0.15, 0.2) is 0 Å². The Labute approximate surface area is 67.4 Å². The van der Waals surface area contributed by atoms with Crippen LogP contribution in [0.2, 0.25) is 0 Å². The van der Waals surface area contributed by atoms with Gasteiger partial charge in [0.1, 0.15) is 5.76 Å². The fraction of sp³-hybridized carbons (Fsp3) is 0.286. The molecule has 1 heterocycles. The van der Waals surface area contributed by atoms with Crippen LogP contribution in [0, 0.1) is 0 Å². The molecule has 0 atom stereocenters. The molecule has 0 radical (unpaired) electrons. The van der Waals surface area contributed by atoms with E-state index in [-0.39, 0.29) is 6.54 Å². The maximum atomic E-state index is 11.6. The van der Waals surface area contributed by atoms with Crippen molar-refractivity contribution in [1.29, 1.82) is 0 Å². The summed E-state index contributed by atoms with van der Waals surface area (Å²) in [7, 11) is 0. The van der Waals surface area contributed by atoms with Gasteiger partial charge in [-0.3, -0.25) is 4.79 Å². The monoisotopic (exact) mass is 175 g/mol. The third kappa shape index (κ3) is 2.34. The molecule has 0 saturated heterocycles. The van der Waals surface area contributed by atoms with Crippen LogP contribution in [0.5, 0.6) is 0 Å². The Morgan fingerprint density at radius 2 is 2.42 bits per heavy atom. The molecule has 0 saturated carbocycles. The molecule has 0 aliphatic carbocycles. The number of carbonyl (C=O) groups is 1. The van der Waals surface area contributed by atoms with Crippen LogP contribution in [0.3, 0.4) is 0 Å². The molecular formula is C7H7F2NO2. The van der Waals surface area contributed by atoms with Gasteiger partial charge in [-0.2, -0.15) is 8.78 Å². The van der Waals surface area contributed by atoms with E-state index in [0.29, 0.717) is 5.76 Å². The molecule has 66 valence electrons. The average molecular weight is 175 g/mol. The summed E-state index contributed by atoms with van der Waals surface area (Å²) in [6.45, 7) is -0.00380. The molecule has 0 aromatic carbocycles. The number of carbonyl (C=O) groups excluding carboxylic acids is 1. The zero-order chi connectivity index (χ0) is 8.97. The van der Waals surface area contributed by atoms with Crippen molar-refractivity contribution in [3.63, 3.8) is 0 Å². The standard InChI is InChI=1S/C7H7F2NO2/c8-6(9)7(11)10-4-5-2-1-3-12-5/h1-3,6H,4H2,(H,10,11). The summed E-state index contributed by atoms with van der Waals surface area (Å²) in [5.74, 6) is -0.838. The van der Waals surface area contributed by atoms with E-state index < -0.39 is 12.3 Å². The Morgan fingerprint density at radius 1 is 1.67 bits per heavy atom. The van der Waals surface area contributed by atoms with Gasteiger partial charge < -0.3 is 9.73 Å². The molecule has 0 bridgehead atoms. The third-order valence-corrected chi connectivity index (χ3v) is 1.22. The van der Waals surface area contributed by atoms with Gasteiger partial charge in [-0.1, -0.05) is 0 Å². The summed E-state index contributed by atoms with van der Waals surface area (Å²) in [5, 5.41) is 2.00. The molecule has 1 aromatic rings. The van der Waals surface area contributed by atoms with Gasteiger partial charge >= 0.3 is 6.43 Å². The molecule has 0 unspecified atom stereocenters. The lowest BCUT2D eigenvalue weighted by molar-refractivity contribution is -0.131. The molecule has 1 aromatic heterocycles. The zero-order valence-electron chi connectivity index (χ0n) is 6.09. The van der Waals surface area contributed by atoms with Gasteiger partial charge in [0.05, 0.1) is 12.8 Å². The number of nitrogens with one attached hydrogen (secondary N) is 1. The van der Waals surface area contributed by atoms with Crippen molar-refractivity contribution in [2.45, 2.75) is 13.0 Å². The second-order valence-corrected chi connectivity index (χ2v) is 2.10. The average Bonchev–Trinajstić information content (AvgIpc) is 2.51. The molecule has 12 heavy (non-hydrogen) atoms. The van der Waals surface area contributed by atoms with Crippen molar-refractivity contribution in [3.05, 3.63) is 24.2 Å². The van der Waals surface area contributed by atoms with Gasteiger partial charge in [-0.05, 0) is 12.1 Å². The first-order valence-electron chi connectivity index (χ1n) is 3.28. The first kappa shape index (κ1) is 8.70. The highest BCUT2D eigenvalue weighted by molar-refractivity contribution is 5.78. The van der Waals surface area contributed by atoms with Gasteiger partial charge in [-0.15, -0.1) is 0 Å². The normalized spacial score (nSPS) is 10.2. The fourth-order valence-electron chi connectivity index (χ4n) is 0.665. The van der Waals surface area contributed by atoms with E-state index in [9.17, 15) is 13.6 Å². The van der Waals surface area contributed by atoms with Crippen LogP contribution in [0.15, 0.2) is 22.8 Å². The maximum absolute atomic E-state index is 11.6. The number of halogens is 2. The zero-order valence-corrected chi connectivity index (χ0v) is 6.09. The predicted molar refractivity (Wildman–Crippen MR) is 36.6 cm³/mol. The predicted octanol–water partition coefficient (Wildman–Crippen LogP) is 1.16.